The van der Waals surface area contributed by atoms with E-state index in [0.29, 0.717) is 0 Å². The molecule has 0 aromatic carbocycles. The second kappa shape index (κ2) is 4.94. The average molecular weight is 157 g/mol. The lowest BCUT2D eigenvalue weighted by atomic mass is 10.6. The second-order valence-electron chi connectivity index (χ2n) is 1.53. The molecule has 0 radical (unpaired) electrons. The van der Waals surface area contributed by atoms with Crippen LogP contribution in [0.3, 0.4) is 0 Å². The zero-order valence-corrected chi connectivity index (χ0v) is 7.38. The molecule has 0 fully saturated rings. The van der Waals surface area contributed by atoms with Crippen LogP contribution < -0.4 is 0 Å². The first kappa shape index (κ1) is 7.80. The Bertz CT molecular complexity index is 38.7. The third-order valence-corrected chi connectivity index (χ3v) is 2.33. The van der Waals surface area contributed by atoms with E-state index in [0.717, 1.165) is 6.42 Å². The highest BCUT2D eigenvalue weighted by Crippen LogP contribution is 2.08. The molecule has 0 N–H and O–H groups in total. The minimum absolute atomic E-state index is 0.118. The third-order valence-electron chi connectivity index (χ3n) is 0.776. The molecule has 0 amide bonds. The topological polar surface area (TPSA) is 0 Å². The van der Waals surface area contributed by atoms with E-state index in [2.05, 4.69) is 6.55 Å². The van der Waals surface area contributed by atoms with E-state index in [1.807, 2.05) is 0 Å². The molecule has 0 heterocycles. The Morgan fingerprint density at radius 2 is 2.14 bits per heavy atom. The van der Waals surface area contributed by atoms with Crippen molar-refractivity contribution >= 4 is 32.7 Å². The van der Waals surface area contributed by atoms with Gasteiger partial charge in [-0.15, -0.1) is 23.2 Å². The van der Waals surface area contributed by atoms with Gasteiger partial charge in [0.1, 0.15) is 4.84 Å². The molecule has 0 atom stereocenters. The molecule has 0 aliphatic carbocycles. The third kappa shape index (κ3) is 6.80. The molecule has 44 valence electrons. The Labute approximate surface area is 57.0 Å². The fourth-order valence-corrected chi connectivity index (χ4v) is 2.00. The quantitative estimate of drug-likeness (QED) is 0.433. The molecule has 0 aliphatic rings. The van der Waals surface area contributed by atoms with Crippen molar-refractivity contribution in [3.8, 4) is 0 Å². The number of alkyl halides is 2. The summed E-state index contributed by atoms with van der Waals surface area (Å²) in [5.41, 5.74) is 0. The van der Waals surface area contributed by atoms with Crippen molar-refractivity contribution in [2.45, 2.75) is 23.8 Å². The van der Waals surface area contributed by atoms with Crippen molar-refractivity contribution in [3.63, 3.8) is 0 Å². The number of hydrogen-bond acceptors (Lipinski definition) is 0. The monoisotopic (exact) mass is 156 g/mol. The van der Waals surface area contributed by atoms with Gasteiger partial charge in [0.25, 0.3) is 0 Å². The summed E-state index contributed by atoms with van der Waals surface area (Å²) >= 11 is 10.9. The van der Waals surface area contributed by atoms with Crippen LogP contribution in [0.4, 0.5) is 0 Å². The first-order valence-corrected chi connectivity index (χ1v) is 5.84. The van der Waals surface area contributed by atoms with E-state index in [4.69, 9.17) is 23.2 Å². The molecule has 0 saturated carbocycles. The van der Waals surface area contributed by atoms with Crippen LogP contribution >= 0.6 is 23.2 Å². The number of halogens is 2. The maximum atomic E-state index is 5.44. The average Bonchev–Trinajstić information content (AvgIpc) is 1.61. The summed E-state index contributed by atoms with van der Waals surface area (Å²) in [6.07, 6.45) is 0.992. The molecule has 0 nitrogen and oxygen atoms in total. The molecule has 7 heavy (non-hydrogen) atoms. The standard InChI is InChI=1S/C4H10Cl2Si/c1-7-3-2-4(5)6/h4H,2-3,7H2,1H3. The summed E-state index contributed by atoms with van der Waals surface area (Å²) in [5, 5.41) is 0. The Balaban J connectivity index is 2.68. The predicted octanol–water partition coefficient (Wildman–Crippen LogP) is 1.82. The van der Waals surface area contributed by atoms with Crippen LogP contribution in [0.15, 0.2) is 0 Å². The van der Waals surface area contributed by atoms with Gasteiger partial charge in [0.15, 0.2) is 0 Å². The van der Waals surface area contributed by atoms with E-state index in [9.17, 15) is 0 Å². The molecule has 0 rings (SSSR count). The zero-order chi connectivity index (χ0) is 5.70. The van der Waals surface area contributed by atoms with Crippen molar-refractivity contribution in [3.05, 3.63) is 0 Å². The maximum absolute atomic E-state index is 5.44. The highest BCUT2D eigenvalue weighted by molar-refractivity contribution is 6.44. The van der Waals surface area contributed by atoms with E-state index >= 15 is 0 Å². The summed E-state index contributed by atoms with van der Waals surface area (Å²) in [6, 6.07) is 1.28. The van der Waals surface area contributed by atoms with Crippen LogP contribution in [0.2, 0.25) is 12.6 Å². The van der Waals surface area contributed by atoms with Crippen LogP contribution in [0.25, 0.3) is 0 Å². The Morgan fingerprint density at radius 3 is 2.29 bits per heavy atom. The van der Waals surface area contributed by atoms with Crippen LogP contribution in [0, 0.1) is 0 Å². The van der Waals surface area contributed by atoms with E-state index in [1.54, 1.807) is 0 Å². The molecule has 0 aliphatic heterocycles. The van der Waals surface area contributed by atoms with Gasteiger partial charge in [-0.3, -0.25) is 0 Å². The number of hydrogen-bond donors (Lipinski definition) is 0. The molecule has 0 spiro atoms. The maximum Gasteiger partial charge on any atom is 0.107 e. The van der Waals surface area contributed by atoms with E-state index in [1.165, 1.54) is 6.04 Å². The predicted molar refractivity (Wildman–Crippen MR) is 39.3 cm³/mol. The lowest BCUT2D eigenvalue weighted by Gasteiger charge is -1.93. The molecule has 0 aromatic rings. The lowest BCUT2D eigenvalue weighted by molar-refractivity contribution is 1.03. The van der Waals surface area contributed by atoms with Gasteiger partial charge in [0.05, 0.1) is 0 Å². The number of rotatable bonds is 3. The lowest BCUT2D eigenvalue weighted by Crippen LogP contribution is -1.88. The van der Waals surface area contributed by atoms with Crippen LogP contribution in [-0.4, -0.2) is 14.4 Å². The van der Waals surface area contributed by atoms with Gasteiger partial charge >= 0.3 is 0 Å². The fourth-order valence-electron chi connectivity index (χ4n) is 0.358. The van der Waals surface area contributed by atoms with E-state index in [-0.39, 0.29) is 14.4 Å². The van der Waals surface area contributed by atoms with Crippen molar-refractivity contribution in [2.24, 2.45) is 0 Å². The normalized spacial score (nSPS) is 12.0. The first-order chi connectivity index (χ1) is 3.27. The zero-order valence-electron chi connectivity index (χ0n) is 4.45. The van der Waals surface area contributed by atoms with Gasteiger partial charge in [0.2, 0.25) is 0 Å². The highest BCUT2D eigenvalue weighted by Gasteiger charge is 1.94. The largest absolute Gasteiger partial charge is 0.107 e. The summed E-state index contributed by atoms with van der Waals surface area (Å²) in [6.45, 7) is 2.26. The summed E-state index contributed by atoms with van der Waals surface area (Å²) in [4.78, 5) is -0.118. The van der Waals surface area contributed by atoms with Gasteiger partial charge < -0.3 is 0 Å². The minimum Gasteiger partial charge on any atom is -0.105 e. The van der Waals surface area contributed by atoms with Crippen molar-refractivity contribution < 1.29 is 0 Å². The van der Waals surface area contributed by atoms with Gasteiger partial charge in [0, 0.05) is 9.52 Å². The van der Waals surface area contributed by atoms with E-state index < -0.39 is 0 Å². The van der Waals surface area contributed by atoms with Crippen molar-refractivity contribution in [1.82, 2.24) is 0 Å². The first-order valence-electron chi connectivity index (χ1n) is 2.55. The molecule has 3 heteroatoms. The summed E-state index contributed by atoms with van der Waals surface area (Å²) in [7, 11) is 0.202. The molecule has 0 unspecified atom stereocenters. The Kier molecular flexibility index (Phi) is 5.51. The van der Waals surface area contributed by atoms with Crippen LogP contribution in [0.5, 0.6) is 0 Å². The van der Waals surface area contributed by atoms with Crippen molar-refractivity contribution in [1.29, 1.82) is 0 Å². The van der Waals surface area contributed by atoms with Gasteiger partial charge in [-0.05, 0) is 6.42 Å². The molecule has 0 saturated heterocycles. The summed E-state index contributed by atoms with van der Waals surface area (Å²) in [5.74, 6) is 0. The smallest absolute Gasteiger partial charge is 0.105 e. The highest BCUT2D eigenvalue weighted by atomic mass is 35.5. The van der Waals surface area contributed by atoms with Crippen LogP contribution in [-0.2, 0) is 0 Å². The second-order valence-corrected chi connectivity index (χ2v) is 4.52. The van der Waals surface area contributed by atoms with Gasteiger partial charge in [-0.2, -0.15) is 0 Å². The van der Waals surface area contributed by atoms with Gasteiger partial charge in [-0.25, -0.2) is 0 Å². The Hall–Kier alpha value is 0.797. The fraction of sp³-hybridized carbons (Fsp3) is 1.00. The molecular formula is C4H10Cl2Si. The summed E-state index contributed by atoms with van der Waals surface area (Å²) < 4.78 is 0. The van der Waals surface area contributed by atoms with Gasteiger partial charge in [-0.1, -0.05) is 12.6 Å². The van der Waals surface area contributed by atoms with Crippen LogP contribution in [0.1, 0.15) is 6.42 Å². The minimum atomic E-state index is -0.118. The Morgan fingerprint density at radius 1 is 1.57 bits per heavy atom. The molecule has 0 aromatic heterocycles. The SMILES string of the molecule is C[SiH2]CCC(Cl)Cl. The van der Waals surface area contributed by atoms with Crippen molar-refractivity contribution in [2.75, 3.05) is 0 Å². The molecular weight excluding hydrogens is 147 g/mol. The molecule has 0 bridgehead atoms.